The van der Waals surface area contributed by atoms with E-state index in [1.54, 1.807) is 11.3 Å². The topological polar surface area (TPSA) is 41.1 Å². The number of rotatable bonds is 7. The van der Waals surface area contributed by atoms with Gasteiger partial charge >= 0.3 is 0 Å². The first kappa shape index (κ1) is 15.6. The summed E-state index contributed by atoms with van der Waals surface area (Å²) in [5.74, 6) is 0.570. The van der Waals surface area contributed by atoms with Crippen LogP contribution in [0.4, 0.5) is 5.69 Å². The minimum Gasteiger partial charge on any atom is -0.380 e. The third-order valence-corrected chi connectivity index (χ3v) is 3.95. The van der Waals surface area contributed by atoms with E-state index in [9.17, 15) is 4.79 Å². The summed E-state index contributed by atoms with van der Waals surface area (Å²) in [6.45, 7) is 5.76. The molecule has 0 aliphatic rings. The van der Waals surface area contributed by atoms with Crippen LogP contribution in [0, 0.1) is 5.92 Å². The van der Waals surface area contributed by atoms with Gasteiger partial charge in [0.25, 0.3) is 0 Å². The van der Waals surface area contributed by atoms with E-state index in [0.29, 0.717) is 12.3 Å². The zero-order chi connectivity index (χ0) is 15.1. The first-order valence-corrected chi connectivity index (χ1v) is 8.13. The molecular formula is C17H22N2OS. The van der Waals surface area contributed by atoms with Gasteiger partial charge in [0, 0.05) is 23.7 Å². The first-order chi connectivity index (χ1) is 10.1. The van der Waals surface area contributed by atoms with E-state index in [1.165, 1.54) is 4.88 Å². The second-order valence-corrected chi connectivity index (χ2v) is 6.54. The smallest absolute Gasteiger partial charge is 0.224 e. The average Bonchev–Trinajstić information content (AvgIpc) is 2.98. The Bertz CT molecular complexity index is 547. The highest BCUT2D eigenvalue weighted by Crippen LogP contribution is 2.14. The second kappa shape index (κ2) is 7.84. The largest absolute Gasteiger partial charge is 0.380 e. The molecule has 21 heavy (non-hydrogen) atoms. The molecule has 1 aromatic heterocycles. The van der Waals surface area contributed by atoms with Crippen LogP contribution in [0.15, 0.2) is 41.8 Å². The molecule has 0 saturated heterocycles. The zero-order valence-corrected chi connectivity index (χ0v) is 13.4. The molecule has 0 unspecified atom stereocenters. The Morgan fingerprint density at radius 2 is 1.95 bits per heavy atom. The number of anilines is 1. The lowest BCUT2D eigenvalue weighted by molar-refractivity contribution is -0.120. The molecule has 0 atom stereocenters. The van der Waals surface area contributed by atoms with Gasteiger partial charge in [0.05, 0.1) is 6.42 Å². The molecular weight excluding hydrogens is 280 g/mol. The van der Waals surface area contributed by atoms with E-state index in [1.807, 2.05) is 24.3 Å². The number of thiophene rings is 1. The van der Waals surface area contributed by atoms with Crippen molar-refractivity contribution in [3.05, 3.63) is 52.2 Å². The molecule has 2 aromatic rings. The third-order valence-electron chi connectivity index (χ3n) is 3.07. The number of hydrogen-bond acceptors (Lipinski definition) is 3. The molecule has 1 heterocycles. The predicted octanol–water partition coefficient (Wildman–Crippen LogP) is 3.67. The summed E-state index contributed by atoms with van der Waals surface area (Å²) in [4.78, 5) is 13.1. The fourth-order valence-corrected chi connectivity index (χ4v) is 2.55. The van der Waals surface area contributed by atoms with Crippen LogP contribution in [0.2, 0.25) is 0 Å². The third kappa shape index (κ3) is 5.60. The summed E-state index contributed by atoms with van der Waals surface area (Å²) >= 11 is 1.75. The van der Waals surface area contributed by atoms with Crippen LogP contribution in [0.3, 0.4) is 0 Å². The standard InChI is InChI=1S/C17H22N2OS/c1-13(2)11-19-17(20)10-14-5-7-15(8-6-14)18-12-16-4-3-9-21-16/h3-9,13,18H,10-12H2,1-2H3,(H,19,20). The molecule has 1 aromatic carbocycles. The van der Waals surface area contributed by atoms with Gasteiger partial charge < -0.3 is 10.6 Å². The van der Waals surface area contributed by atoms with E-state index < -0.39 is 0 Å². The number of carbonyl (C=O) groups is 1. The highest BCUT2D eigenvalue weighted by molar-refractivity contribution is 7.09. The molecule has 0 fully saturated rings. The summed E-state index contributed by atoms with van der Waals surface area (Å²) < 4.78 is 0. The van der Waals surface area contributed by atoms with Crippen molar-refractivity contribution in [3.8, 4) is 0 Å². The van der Waals surface area contributed by atoms with Gasteiger partial charge in [-0.3, -0.25) is 4.79 Å². The molecule has 0 radical (unpaired) electrons. The van der Waals surface area contributed by atoms with E-state index in [4.69, 9.17) is 0 Å². The van der Waals surface area contributed by atoms with Gasteiger partial charge in [0.2, 0.25) is 5.91 Å². The first-order valence-electron chi connectivity index (χ1n) is 7.25. The quantitative estimate of drug-likeness (QED) is 0.819. The summed E-state index contributed by atoms with van der Waals surface area (Å²) in [5.41, 5.74) is 2.12. The van der Waals surface area contributed by atoms with E-state index >= 15 is 0 Å². The normalized spacial score (nSPS) is 10.6. The van der Waals surface area contributed by atoms with Gasteiger partial charge in [-0.1, -0.05) is 32.0 Å². The zero-order valence-electron chi connectivity index (χ0n) is 12.6. The molecule has 112 valence electrons. The average molecular weight is 302 g/mol. The maximum atomic E-state index is 11.8. The van der Waals surface area contributed by atoms with E-state index in [-0.39, 0.29) is 5.91 Å². The monoisotopic (exact) mass is 302 g/mol. The van der Waals surface area contributed by atoms with Gasteiger partial charge in [-0.2, -0.15) is 0 Å². The number of carbonyl (C=O) groups excluding carboxylic acids is 1. The second-order valence-electron chi connectivity index (χ2n) is 5.50. The number of amides is 1. The van der Waals surface area contributed by atoms with Crippen molar-refractivity contribution in [1.29, 1.82) is 0 Å². The molecule has 1 amide bonds. The maximum Gasteiger partial charge on any atom is 0.224 e. The van der Waals surface area contributed by atoms with Crippen LogP contribution in [0.25, 0.3) is 0 Å². The van der Waals surface area contributed by atoms with Gasteiger partial charge in [-0.15, -0.1) is 11.3 Å². The highest BCUT2D eigenvalue weighted by atomic mass is 32.1. The number of nitrogens with one attached hydrogen (secondary N) is 2. The van der Waals surface area contributed by atoms with Gasteiger partial charge in [-0.25, -0.2) is 0 Å². The van der Waals surface area contributed by atoms with Crippen molar-refractivity contribution in [2.45, 2.75) is 26.8 Å². The Morgan fingerprint density at radius 3 is 2.57 bits per heavy atom. The molecule has 0 saturated carbocycles. The fraction of sp³-hybridized carbons (Fsp3) is 0.353. The molecule has 4 heteroatoms. The van der Waals surface area contributed by atoms with Crippen LogP contribution in [0.5, 0.6) is 0 Å². The Balaban J connectivity index is 1.80. The SMILES string of the molecule is CC(C)CNC(=O)Cc1ccc(NCc2cccs2)cc1. The van der Waals surface area contributed by atoms with Crippen molar-refractivity contribution in [1.82, 2.24) is 5.32 Å². The summed E-state index contributed by atoms with van der Waals surface area (Å²) in [5, 5.41) is 8.39. The predicted molar refractivity (Wildman–Crippen MR) is 89.6 cm³/mol. The van der Waals surface area contributed by atoms with Crippen molar-refractivity contribution in [2.24, 2.45) is 5.92 Å². The lowest BCUT2D eigenvalue weighted by Gasteiger charge is -2.09. The Kier molecular flexibility index (Phi) is 5.81. The lowest BCUT2D eigenvalue weighted by atomic mass is 10.1. The summed E-state index contributed by atoms with van der Waals surface area (Å²) in [6, 6.07) is 12.2. The molecule has 0 spiro atoms. The minimum atomic E-state index is 0.0861. The molecule has 2 rings (SSSR count). The van der Waals surface area contributed by atoms with Gasteiger partial charge in [0.15, 0.2) is 0 Å². The van der Waals surface area contributed by atoms with Crippen molar-refractivity contribution >= 4 is 22.9 Å². The lowest BCUT2D eigenvalue weighted by Crippen LogP contribution is -2.28. The van der Waals surface area contributed by atoms with Crippen molar-refractivity contribution in [3.63, 3.8) is 0 Å². The fourth-order valence-electron chi connectivity index (χ4n) is 1.91. The van der Waals surface area contributed by atoms with E-state index in [0.717, 1.165) is 24.3 Å². The van der Waals surface area contributed by atoms with Crippen LogP contribution in [-0.4, -0.2) is 12.5 Å². The molecule has 2 N–H and O–H groups in total. The van der Waals surface area contributed by atoms with Crippen LogP contribution in [-0.2, 0) is 17.8 Å². The van der Waals surface area contributed by atoms with Gasteiger partial charge in [-0.05, 0) is 35.1 Å². The van der Waals surface area contributed by atoms with Crippen LogP contribution < -0.4 is 10.6 Å². The maximum absolute atomic E-state index is 11.8. The Labute approximate surface area is 130 Å². The van der Waals surface area contributed by atoms with Gasteiger partial charge in [0.1, 0.15) is 0 Å². The number of hydrogen-bond donors (Lipinski definition) is 2. The molecule has 0 aliphatic carbocycles. The molecule has 3 nitrogen and oxygen atoms in total. The highest BCUT2D eigenvalue weighted by Gasteiger charge is 2.04. The van der Waals surface area contributed by atoms with Crippen LogP contribution in [0.1, 0.15) is 24.3 Å². The summed E-state index contributed by atoms with van der Waals surface area (Å²) in [6.07, 6.45) is 0.442. The van der Waals surface area contributed by atoms with E-state index in [2.05, 4.69) is 42.0 Å². The Morgan fingerprint density at radius 1 is 1.19 bits per heavy atom. The number of benzene rings is 1. The van der Waals surface area contributed by atoms with Crippen molar-refractivity contribution < 1.29 is 4.79 Å². The molecule has 0 bridgehead atoms. The van der Waals surface area contributed by atoms with Crippen LogP contribution >= 0.6 is 11.3 Å². The summed E-state index contributed by atoms with van der Waals surface area (Å²) in [7, 11) is 0. The molecule has 0 aliphatic heterocycles. The van der Waals surface area contributed by atoms with Crippen molar-refractivity contribution in [2.75, 3.05) is 11.9 Å². The minimum absolute atomic E-state index is 0.0861. The Hall–Kier alpha value is -1.81.